The standard InChI is InChI=1S/C15H22F6N2O/c1-9-3-4-11(10(2)7-9)22-12(24)23-6-5-13(8-23,14(16,17)18)15(19,20)21/h9-11H,3-8H2,1-2H3,(H,22,24). The van der Waals surface area contributed by atoms with E-state index in [0.717, 1.165) is 12.8 Å². The fourth-order valence-electron chi connectivity index (χ4n) is 3.74. The van der Waals surface area contributed by atoms with E-state index in [2.05, 4.69) is 12.2 Å². The van der Waals surface area contributed by atoms with Gasteiger partial charge in [-0.15, -0.1) is 0 Å². The lowest BCUT2D eigenvalue weighted by molar-refractivity contribution is -0.334. The zero-order valence-electron chi connectivity index (χ0n) is 13.6. The van der Waals surface area contributed by atoms with Gasteiger partial charge in [0.05, 0.1) is 0 Å². The van der Waals surface area contributed by atoms with Gasteiger partial charge in [-0.2, -0.15) is 26.3 Å². The van der Waals surface area contributed by atoms with Crippen molar-refractivity contribution in [1.29, 1.82) is 0 Å². The molecule has 1 saturated carbocycles. The number of hydrogen-bond donors (Lipinski definition) is 1. The van der Waals surface area contributed by atoms with Crippen molar-refractivity contribution in [2.75, 3.05) is 13.1 Å². The molecule has 0 spiro atoms. The van der Waals surface area contributed by atoms with Gasteiger partial charge in [0.15, 0.2) is 5.41 Å². The summed E-state index contributed by atoms with van der Waals surface area (Å²) in [6.45, 7) is 2.09. The summed E-state index contributed by atoms with van der Waals surface area (Å²) in [6, 6.07) is -1.04. The Bertz CT molecular complexity index is 462. The minimum atomic E-state index is -5.44. The minimum absolute atomic E-state index is 0.148. The van der Waals surface area contributed by atoms with Crippen LogP contribution in [0.25, 0.3) is 0 Å². The molecule has 0 bridgehead atoms. The molecule has 0 radical (unpaired) electrons. The van der Waals surface area contributed by atoms with Gasteiger partial charge in [-0.1, -0.05) is 13.8 Å². The third kappa shape index (κ3) is 3.44. The van der Waals surface area contributed by atoms with E-state index in [9.17, 15) is 31.1 Å². The van der Waals surface area contributed by atoms with Crippen LogP contribution in [0, 0.1) is 17.3 Å². The Morgan fingerprint density at radius 1 is 1.08 bits per heavy atom. The highest BCUT2D eigenvalue weighted by Gasteiger charge is 2.73. The normalized spacial score (nSPS) is 31.2. The van der Waals surface area contributed by atoms with Gasteiger partial charge in [-0.25, -0.2) is 4.79 Å². The van der Waals surface area contributed by atoms with Gasteiger partial charge in [0.25, 0.3) is 0 Å². The van der Waals surface area contributed by atoms with Crippen molar-refractivity contribution in [1.82, 2.24) is 10.2 Å². The van der Waals surface area contributed by atoms with Crippen molar-refractivity contribution in [2.24, 2.45) is 17.3 Å². The molecule has 0 aromatic rings. The molecule has 0 aromatic carbocycles. The van der Waals surface area contributed by atoms with Crippen LogP contribution in [0.2, 0.25) is 0 Å². The van der Waals surface area contributed by atoms with Gasteiger partial charge in [-0.05, 0) is 37.5 Å². The van der Waals surface area contributed by atoms with E-state index in [0.29, 0.717) is 17.2 Å². The Labute approximate surface area is 136 Å². The molecule has 1 saturated heterocycles. The van der Waals surface area contributed by atoms with Crippen molar-refractivity contribution in [2.45, 2.75) is 57.9 Å². The minimum Gasteiger partial charge on any atom is -0.335 e. The van der Waals surface area contributed by atoms with Crippen LogP contribution in [0.3, 0.4) is 0 Å². The van der Waals surface area contributed by atoms with E-state index in [1.54, 1.807) is 0 Å². The van der Waals surface area contributed by atoms with E-state index in [-0.39, 0.29) is 12.0 Å². The number of urea groups is 1. The SMILES string of the molecule is CC1CCC(NC(=O)N2CCC(C(F)(F)F)(C(F)(F)F)C2)C(C)C1. The van der Waals surface area contributed by atoms with Crippen molar-refractivity contribution in [3.05, 3.63) is 0 Å². The van der Waals surface area contributed by atoms with Gasteiger partial charge >= 0.3 is 18.4 Å². The quantitative estimate of drug-likeness (QED) is 0.694. The van der Waals surface area contributed by atoms with Crippen LogP contribution in [-0.4, -0.2) is 42.4 Å². The predicted molar refractivity (Wildman–Crippen MR) is 75.2 cm³/mol. The zero-order valence-corrected chi connectivity index (χ0v) is 13.6. The van der Waals surface area contributed by atoms with E-state index >= 15 is 0 Å². The summed E-state index contributed by atoms with van der Waals surface area (Å²) in [6.07, 6.45) is -9.58. The highest BCUT2D eigenvalue weighted by molar-refractivity contribution is 5.75. The number of alkyl halides is 6. The van der Waals surface area contributed by atoms with Crippen molar-refractivity contribution < 1.29 is 31.1 Å². The number of carbonyl (C=O) groups excluding carboxylic acids is 1. The van der Waals surface area contributed by atoms with Crippen LogP contribution in [-0.2, 0) is 0 Å². The summed E-state index contributed by atoms with van der Waals surface area (Å²) < 4.78 is 78.2. The second kappa shape index (κ2) is 6.29. The number of rotatable bonds is 1. The third-order valence-corrected chi connectivity index (χ3v) is 5.38. The topological polar surface area (TPSA) is 32.3 Å². The van der Waals surface area contributed by atoms with Crippen molar-refractivity contribution >= 4 is 6.03 Å². The fourth-order valence-corrected chi connectivity index (χ4v) is 3.74. The van der Waals surface area contributed by atoms with Gasteiger partial charge in [-0.3, -0.25) is 0 Å². The average Bonchev–Trinajstić information content (AvgIpc) is 2.87. The first-order chi connectivity index (χ1) is 10.9. The lowest BCUT2D eigenvalue weighted by Crippen LogP contribution is -2.54. The van der Waals surface area contributed by atoms with E-state index in [1.807, 2.05) is 6.92 Å². The molecule has 9 heteroatoms. The molecule has 1 aliphatic carbocycles. The van der Waals surface area contributed by atoms with Crippen LogP contribution < -0.4 is 5.32 Å². The second-order valence-corrected chi connectivity index (χ2v) is 7.20. The van der Waals surface area contributed by atoms with Gasteiger partial charge < -0.3 is 10.2 Å². The van der Waals surface area contributed by atoms with Gasteiger partial charge in [0.1, 0.15) is 0 Å². The summed E-state index contributed by atoms with van der Waals surface area (Å²) in [5.41, 5.74) is -3.83. The first-order valence-corrected chi connectivity index (χ1v) is 8.06. The molecule has 1 aliphatic heterocycles. The van der Waals surface area contributed by atoms with Crippen LogP contribution in [0.4, 0.5) is 31.1 Å². The maximum absolute atomic E-state index is 13.0. The number of likely N-dealkylation sites (tertiary alicyclic amines) is 1. The lowest BCUT2D eigenvalue weighted by atomic mass is 9.80. The zero-order chi connectivity index (χ0) is 18.3. The Morgan fingerprint density at radius 2 is 1.67 bits per heavy atom. The van der Waals surface area contributed by atoms with E-state index in [4.69, 9.17) is 0 Å². The Morgan fingerprint density at radius 3 is 2.12 bits per heavy atom. The van der Waals surface area contributed by atoms with Gasteiger partial charge in [0.2, 0.25) is 0 Å². The molecule has 2 aliphatic rings. The smallest absolute Gasteiger partial charge is 0.335 e. The van der Waals surface area contributed by atoms with Crippen LogP contribution in [0.1, 0.15) is 39.5 Å². The highest BCUT2D eigenvalue weighted by atomic mass is 19.4. The molecule has 2 amide bonds. The van der Waals surface area contributed by atoms with Gasteiger partial charge in [0, 0.05) is 19.1 Å². The first-order valence-electron chi connectivity index (χ1n) is 8.06. The van der Waals surface area contributed by atoms with E-state index < -0.39 is 43.3 Å². The Hall–Kier alpha value is -1.15. The molecule has 2 fully saturated rings. The fraction of sp³-hybridized carbons (Fsp3) is 0.933. The predicted octanol–water partition coefficient (Wildman–Crippen LogP) is 4.34. The van der Waals surface area contributed by atoms with E-state index in [1.165, 1.54) is 0 Å². The summed E-state index contributed by atoms with van der Waals surface area (Å²) in [7, 11) is 0. The van der Waals surface area contributed by atoms with Crippen molar-refractivity contribution in [3.8, 4) is 0 Å². The van der Waals surface area contributed by atoms with Crippen LogP contribution in [0.15, 0.2) is 0 Å². The number of nitrogens with zero attached hydrogens (tertiary/aromatic N) is 1. The Balaban J connectivity index is 2.05. The summed E-state index contributed by atoms with van der Waals surface area (Å²) in [5, 5.41) is 2.62. The summed E-state index contributed by atoms with van der Waals surface area (Å²) in [5.74, 6) is 0.651. The largest absolute Gasteiger partial charge is 0.404 e. The second-order valence-electron chi connectivity index (χ2n) is 7.20. The molecule has 24 heavy (non-hydrogen) atoms. The van der Waals surface area contributed by atoms with Crippen molar-refractivity contribution in [3.63, 3.8) is 0 Å². The molecule has 0 aromatic heterocycles. The maximum Gasteiger partial charge on any atom is 0.404 e. The summed E-state index contributed by atoms with van der Waals surface area (Å²) in [4.78, 5) is 12.8. The Kier molecular flexibility index (Phi) is 5.03. The lowest BCUT2D eigenvalue weighted by Gasteiger charge is -2.35. The number of amides is 2. The number of nitrogens with one attached hydrogen (secondary N) is 1. The third-order valence-electron chi connectivity index (χ3n) is 5.38. The van der Waals surface area contributed by atoms with Crippen LogP contribution in [0.5, 0.6) is 0 Å². The molecule has 3 atom stereocenters. The summed E-state index contributed by atoms with van der Waals surface area (Å²) >= 11 is 0. The molecule has 3 nitrogen and oxygen atoms in total. The molecular formula is C15H22F6N2O. The highest BCUT2D eigenvalue weighted by Crippen LogP contribution is 2.55. The van der Waals surface area contributed by atoms with Crippen LogP contribution >= 0.6 is 0 Å². The number of carbonyl (C=O) groups is 1. The average molecular weight is 360 g/mol. The number of halogens is 6. The molecule has 140 valence electrons. The number of hydrogen-bond acceptors (Lipinski definition) is 1. The monoisotopic (exact) mass is 360 g/mol. The molecule has 1 heterocycles. The molecule has 3 unspecified atom stereocenters. The molecule has 2 rings (SSSR count). The maximum atomic E-state index is 13.0. The first kappa shape index (κ1) is 19.2. The molecular weight excluding hydrogens is 338 g/mol. The molecule has 1 N–H and O–H groups in total.